The maximum absolute atomic E-state index is 11.1. The van der Waals surface area contributed by atoms with Crippen LogP contribution in [0.25, 0.3) is 0 Å². The van der Waals surface area contributed by atoms with E-state index in [0.717, 1.165) is 18.4 Å². The Morgan fingerprint density at radius 1 is 1.56 bits per heavy atom. The van der Waals surface area contributed by atoms with Gasteiger partial charge in [-0.3, -0.25) is 0 Å². The van der Waals surface area contributed by atoms with E-state index in [9.17, 15) is 4.79 Å². The topological polar surface area (TPSA) is 17.1 Å². The molecule has 1 aliphatic rings. The van der Waals surface area contributed by atoms with Gasteiger partial charge in [0.25, 0.3) is 0 Å². The zero-order valence-corrected chi connectivity index (χ0v) is 11.6. The molecule has 1 fully saturated rings. The Hall–Kier alpha value is -0.300. The molecular formula is C14H23ClO. The van der Waals surface area contributed by atoms with Gasteiger partial charge in [-0.05, 0) is 37.0 Å². The Kier molecular flexibility index (Phi) is 4.23. The van der Waals surface area contributed by atoms with Gasteiger partial charge in [-0.15, -0.1) is 11.6 Å². The Balaban J connectivity index is 2.82. The molecule has 1 saturated carbocycles. The molecule has 0 spiro atoms. The third-order valence-electron chi connectivity index (χ3n) is 4.36. The van der Waals surface area contributed by atoms with Gasteiger partial charge < -0.3 is 4.79 Å². The Morgan fingerprint density at radius 3 is 2.62 bits per heavy atom. The molecule has 3 unspecified atom stereocenters. The molecule has 0 bridgehead atoms. The van der Waals surface area contributed by atoms with E-state index in [4.69, 9.17) is 11.6 Å². The minimum Gasteiger partial charge on any atom is -0.300 e. The predicted octanol–water partition coefficient (Wildman–Crippen LogP) is 4.20. The molecule has 0 aromatic rings. The van der Waals surface area contributed by atoms with Crippen LogP contribution in [0.15, 0.2) is 12.2 Å². The van der Waals surface area contributed by atoms with Crippen molar-refractivity contribution in [1.82, 2.24) is 0 Å². The summed E-state index contributed by atoms with van der Waals surface area (Å²) in [4.78, 5) is 11.1. The van der Waals surface area contributed by atoms with Crippen LogP contribution in [0.5, 0.6) is 0 Å². The lowest BCUT2D eigenvalue weighted by molar-refractivity contribution is -0.117. The molecule has 0 radical (unpaired) electrons. The molecule has 0 saturated heterocycles. The highest BCUT2D eigenvalue weighted by atomic mass is 35.5. The standard InChI is InChI=1S/C14H23ClO/c1-9-8-13(15)11(3)12(14(9,4)5)7-6-10(2)16/h9,12-13H,3,6-8H2,1-2,4-5H3. The molecule has 0 N–H and O–H groups in total. The van der Waals surface area contributed by atoms with Crippen molar-refractivity contribution in [2.24, 2.45) is 17.3 Å². The maximum Gasteiger partial charge on any atom is 0.129 e. The number of allylic oxidation sites excluding steroid dienone is 1. The summed E-state index contributed by atoms with van der Waals surface area (Å²) in [5.41, 5.74) is 1.34. The predicted molar refractivity (Wildman–Crippen MR) is 69.7 cm³/mol. The summed E-state index contributed by atoms with van der Waals surface area (Å²) < 4.78 is 0. The van der Waals surface area contributed by atoms with Gasteiger partial charge in [-0.25, -0.2) is 0 Å². The zero-order chi connectivity index (χ0) is 12.5. The summed E-state index contributed by atoms with van der Waals surface area (Å²) in [5.74, 6) is 1.22. The number of alkyl halides is 1. The molecule has 1 nitrogen and oxygen atoms in total. The number of rotatable bonds is 3. The highest BCUT2D eigenvalue weighted by Crippen LogP contribution is 2.50. The van der Waals surface area contributed by atoms with Gasteiger partial charge in [0.2, 0.25) is 0 Å². The number of carbonyl (C=O) groups is 1. The van der Waals surface area contributed by atoms with Gasteiger partial charge in [0.1, 0.15) is 5.78 Å². The van der Waals surface area contributed by atoms with E-state index in [1.54, 1.807) is 6.92 Å². The first kappa shape index (κ1) is 13.8. The fraction of sp³-hybridized carbons (Fsp3) is 0.786. The average Bonchev–Trinajstić information content (AvgIpc) is 2.14. The summed E-state index contributed by atoms with van der Waals surface area (Å²) in [5, 5.41) is 0.0833. The molecule has 92 valence electrons. The van der Waals surface area contributed by atoms with E-state index < -0.39 is 0 Å². The van der Waals surface area contributed by atoms with Crippen LogP contribution in [-0.2, 0) is 4.79 Å². The summed E-state index contributed by atoms with van der Waals surface area (Å²) in [6.07, 6.45) is 2.54. The van der Waals surface area contributed by atoms with E-state index in [2.05, 4.69) is 27.4 Å². The largest absolute Gasteiger partial charge is 0.300 e. The van der Waals surface area contributed by atoms with Gasteiger partial charge in [-0.1, -0.05) is 32.9 Å². The highest BCUT2D eigenvalue weighted by Gasteiger charge is 2.42. The number of halogens is 1. The van der Waals surface area contributed by atoms with E-state index in [0.29, 0.717) is 18.3 Å². The normalized spacial score (nSPS) is 33.8. The Labute approximate surface area is 104 Å². The second-order valence-corrected chi connectivity index (χ2v) is 6.32. The molecule has 0 heterocycles. The second-order valence-electron chi connectivity index (χ2n) is 5.79. The first-order valence-electron chi connectivity index (χ1n) is 6.09. The van der Waals surface area contributed by atoms with Crippen LogP contribution >= 0.6 is 11.6 Å². The van der Waals surface area contributed by atoms with E-state index >= 15 is 0 Å². The number of hydrogen-bond donors (Lipinski definition) is 0. The number of hydrogen-bond acceptors (Lipinski definition) is 1. The van der Waals surface area contributed by atoms with Crippen LogP contribution in [0.2, 0.25) is 0 Å². The van der Waals surface area contributed by atoms with Crippen LogP contribution < -0.4 is 0 Å². The average molecular weight is 243 g/mol. The van der Waals surface area contributed by atoms with Gasteiger partial charge in [0, 0.05) is 6.42 Å². The van der Waals surface area contributed by atoms with Crippen molar-refractivity contribution in [3.05, 3.63) is 12.2 Å². The van der Waals surface area contributed by atoms with E-state index in [-0.39, 0.29) is 16.6 Å². The molecule has 0 aliphatic heterocycles. The third kappa shape index (κ3) is 2.68. The van der Waals surface area contributed by atoms with Gasteiger partial charge in [-0.2, -0.15) is 0 Å². The van der Waals surface area contributed by atoms with Crippen molar-refractivity contribution in [2.75, 3.05) is 0 Å². The SMILES string of the molecule is C=C1C(Cl)CC(C)C(C)(C)C1CCC(C)=O. The number of Topliss-reactive ketones (excluding diaryl/α,β-unsaturated/α-hetero) is 1. The van der Waals surface area contributed by atoms with Crippen molar-refractivity contribution in [3.63, 3.8) is 0 Å². The molecule has 16 heavy (non-hydrogen) atoms. The summed E-state index contributed by atoms with van der Waals surface area (Å²) in [7, 11) is 0. The van der Waals surface area contributed by atoms with Crippen LogP contribution in [0, 0.1) is 17.3 Å². The maximum atomic E-state index is 11.1. The van der Waals surface area contributed by atoms with Crippen LogP contribution in [0.3, 0.4) is 0 Å². The zero-order valence-electron chi connectivity index (χ0n) is 10.8. The molecular weight excluding hydrogens is 220 g/mol. The molecule has 0 aromatic carbocycles. The monoisotopic (exact) mass is 242 g/mol. The smallest absolute Gasteiger partial charge is 0.129 e. The Morgan fingerprint density at radius 2 is 2.12 bits per heavy atom. The Bertz CT molecular complexity index is 293. The van der Waals surface area contributed by atoms with Gasteiger partial charge in [0.05, 0.1) is 5.38 Å². The molecule has 1 rings (SSSR count). The summed E-state index contributed by atoms with van der Waals surface area (Å²) >= 11 is 6.31. The molecule has 0 amide bonds. The van der Waals surface area contributed by atoms with Crippen molar-refractivity contribution in [2.45, 2.75) is 52.3 Å². The lowest BCUT2D eigenvalue weighted by Gasteiger charge is -2.47. The first-order chi connectivity index (χ1) is 7.26. The van der Waals surface area contributed by atoms with E-state index in [1.807, 2.05) is 0 Å². The molecule has 0 aromatic heterocycles. The van der Waals surface area contributed by atoms with Crippen LogP contribution in [-0.4, -0.2) is 11.2 Å². The minimum atomic E-state index is 0.0833. The minimum absolute atomic E-state index is 0.0833. The quantitative estimate of drug-likeness (QED) is 0.536. The summed E-state index contributed by atoms with van der Waals surface area (Å²) in [6.45, 7) is 12.6. The van der Waals surface area contributed by atoms with E-state index in [1.165, 1.54) is 0 Å². The lowest BCUT2D eigenvalue weighted by Crippen LogP contribution is -2.40. The number of ketones is 1. The van der Waals surface area contributed by atoms with Crippen LogP contribution in [0.4, 0.5) is 0 Å². The van der Waals surface area contributed by atoms with Crippen molar-refractivity contribution in [3.8, 4) is 0 Å². The molecule has 2 heteroatoms. The van der Waals surface area contributed by atoms with Crippen molar-refractivity contribution in [1.29, 1.82) is 0 Å². The second kappa shape index (κ2) is 4.91. The highest BCUT2D eigenvalue weighted by molar-refractivity contribution is 6.22. The van der Waals surface area contributed by atoms with Gasteiger partial charge in [0.15, 0.2) is 0 Å². The summed E-state index contributed by atoms with van der Waals surface area (Å²) in [6, 6.07) is 0. The van der Waals surface area contributed by atoms with Crippen molar-refractivity contribution >= 4 is 17.4 Å². The third-order valence-corrected chi connectivity index (χ3v) is 4.82. The van der Waals surface area contributed by atoms with Gasteiger partial charge >= 0.3 is 0 Å². The lowest BCUT2D eigenvalue weighted by atomic mass is 9.60. The first-order valence-corrected chi connectivity index (χ1v) is 6.52. The molecule has 1 aliphatic carbocycles. The fourth-order valence-electron chi connectivity index (χ4n) is 2.71. The van der Waals surface area contributed by atoms with Crippen molar-refractivity contribution < 1.29 is 4.79 Å². The van der Waals surface area contributed by atoms with Crippen LogP contribution in [0.1, 0.15) is 47.0 Å². The molecule has 3 atom stereocenters. The number of carbonyl (C=O) groups excluding carboxylic acids is 1. The fourth-order valence-corrected chi connectivity index (χ4v) is 3.13.